The van der Waals surface area contributed by atoms with Crippen molar-refractivity contribution in [2.24, 2.45) is 0 Å². The van der Waals surface area contributed by atoms with Gasteiger partial charge in [-0.3, -0.25) is 9.78 Å². The van der Waals surface area contributed by atoms with Crippen molar-refractivity contribution in [3.8, 4) is 0 Å². The first-order valence-electron chi connectivity index (χ1n) is 7.77. The molecule has 0 radical (unpaired) electrons. The summed E-state index contributed by atoms with van der Waals surface area (Å²) < 4.78 is 38.3. The highest BCUT2D eigenvalue weighted by molar-refractivity contribution is 6.30. The van der Waals surface area contributed by atoms with Crippen molar-refractivity contribution in [2.45, 2.75) is 6.18 Å². The Balaban J connectivity index is 1.76. The Morgan fingerprint density at radius 2 is 1.67 bits per heavy atom. The van der Waals surface area contributed by atoms with E-state index in [4.69, 9.17) is 11.6 Å². The van der Waals surface area contributed by atoms with Crippen LogP contribution in [-0.2, 0) is 6.18 Å². The number of halogens is 4. The van der Waals surface area contributed by atoms with E-state index in [0.29, 0.717) is 16.4 Å². The number of nitrogens with one attached hydrogen (secondary N) is 2. The second kappa shape index (κ2) is 7.67. The molecule has 2 aromatic carbocycles. The summed E-state index contributed by atoms with van der Waals surface area (Å²) in [5.74, 6) is -0.573. The van der Waals surface area contributed by atoms with Gasteiger partial charge >= 0.3 is 6.18 Å². The number of hydrogen-bond donors (Lipinski definition) is 2. The first-order chi connectivity index (χ1) is 12.8. The quantitative estimate of drug-likeness (QED) is 0.595. The van der Waals surface area contributed by atoms with Gasteiger partial charge < -0.3 is 10.6 Å². The Bertz CT molecular complexity index is 976. The number of pyridine rings is 1. The lowest BCUT2D eigenvalue weighted by Crippen LogP contribution is -2.13. The van der Waals surface area contributed by atoms with Gasteiger partial charge in [-0.25, -0.2) is 0 Å². The summed E-state index contributed by atoms with van der Waals surface area (Å²) in [4.78, 5) is 16.3. The summed E-state index contributed by atoms with van der Waals surface area (Å²) in [6.07, 6.45) is -1.64. The molecule has 4 nitrogen and oxygen atoms in total. The number of carbonyl (C=O) groups excluding carboxylic acids is 1. The normalized spacial score (nSPS) is 11.1. The van der Waals surface area contributed by atoms with Crippen LogP contribution in [-0.4, -0.2) is 10.9 Å². The van der Waals surface area contributed by atoms with E-state index in [1.807, 2.05) is 0 Å². The molecule has 0 bridgehead atoms. The van der Waals surface area contributed by atoms with Gasteiger partial charge in [0.2, 0.25) is 0 Å². The molecule has 0 atom stereocenters. The van der Waals surface area contributed by atoms with Crippen LogP contribution in [0.3, 0.4) is 0 Å². The molecular formula is C19H13ClF3N3O. The maximum absolute atomic E-state index is 12.8. The van der Waals surface area contributed by atoms with Gasteiger partial charge in [-0.1, -0.05) is 23.7 Å². The van der Waals surface area contributed by atoms with Gasteiger partial charge in [0.05, 0.1) is 23.0 Å². The molecule has 8 heteroatoms. The molecule has 3 aromatic rings. The average Bonchev–Trinajstić information content (AvgIpc) is 2.61. The molecule has 0 aliphatic heterocycles. The molecular weight excluding hydrogens is 379 g/mol. The lowest BCUT2D eigenvalue weighted by atomic mass is 10.2. The van der Waals surface area contributed by atoms with Crippen LogP contribution in [0.2, 0.25) is 5.02 Å². The topological polar surface area (TPSA) is 54.0 Å². The van der Waals surface area contributed by atoms with Crippen LogP contribution in [0.15, 0.2) is 67.0 Å². The smallest absolute Gasteiger partial charge is 0.354 e. The second-order valence-corrected chi connectivity index (χ2v) is 6.07. The number of hydrogen-bond acceptors (Lipinski definition) is 3. The maximum atomic E-state index is 12.8. The molecule has 0 spiro atoms. The van der Waals surface area contributed by atoms with Gasteiger partial charge in [0.1, 0.15) is 0 Å². The van der Waals surface area contributed by atoms with Crippen molar-refractivity contribution < 1.29 is 18.0 Å². The zero-order valence-corrected chi connectivity index (χ0v) is 14.5. The van der Waals surface area contributed by atoms with Crippen molar-refractivity contribution in [1.82, 2.24) is 4.98 Å². The monoisotopic (exact) mass is 391 g/mol. The third kappa shape index (κ3) is 4.98. The number of rotatable bonds is 4. The third-order valence-corrected chi connectivity index (χ3v) is 3.80. The van der Waals surface area contributed by atoms with E-state index in [9.17, 15) is 18.0 Å². The highest BCUT2D eigenvalue weighted by atomic mass is 35.5. The summed E-state index contributed by atoms with van der Waals surface area (Å²) >= 11 is 5.93. The van der Waals surface area contributed by atoms with E-state index in [2.05, 4.69) is 15.6 Å². The molecule has 27 heavy (non-hydrogen) atoms. The van der Waals surface area contributed by atoms with E-state index < -0.39 is 17.6 Å². The summed E-state index contributed by atoms with van der Waals surface area (Å²) in [7, 11) is 0. The van der Waals surface area contributed by atoms with Gasteiger partial charge in [0.15, 0.2) is 0 Å². The molecule has 0 aliphatic carbocycles. The van der Waals surface area contributed by atoms with Crippen molar-refractivity contribution in [2.75, 3.05) is 10.6 Å². The highest BCUT2D eigenvalue weighted by Crippen LogP contribution is 2.30. The first-order valence-corrected chi connectivity index (χ1v) is 8.15. The summed E-state index contributed by atoms with van der Waals surface area (Å²) in [6, 6.07) is 13.0. The van der Waals surface area contributed by atoms with Crippen molar-refractivity contribution in [1.29, 1.82) is 0 Å². The van der Waals surface area contributed by atoms with Crippen LogP contribution in [0, 0.1) is 0 Å². The minimum absolute atomic E-state index is 0.0445. The Hall–Kier alpha value is -3.06. The zero-order chi connectivity index (χ0) is 19.4. The molecule has 2 N–H and O–H groups in total. The van der Waals surface area contributed by atoms with Crippen molar-refractivity contribution in [3.63, 3.8) is 0 Å². The van der Waals surface area contributed by atoms with Crippen LogP contribution in [0.25, 0.3) is 0 Å². The lowest BCUT2D eigenvalue weighted by Gasteiger charge is -2.11. The molecule has 0 unspecified atom stereocenters. The van der Waals surface area contributed by atoms with Gasteiger partial charge in [0.25, 0.3) is 5.91 Å². The van der Waals surface area contributed by atoms with Gasteiger partial charge in [-0.05, 0) is 42.5 Å². The fraction of sp³-hybridized carbons (Fsp3) is 0.0526. The number of carbonyl (C=O) groups is 1. The molecule has 0 saturated carbocycles. The number of alkyl halides is 3. The van der Waals surface area contributed by atoms with E-state index in [0.717, 1.165) is 12.1 Å². The third-order valence-electron chi connectivity index (χ3n) is 3.56. The number of benzene rings is 2. The van der Waals surface area contributed by atoms with Crippen LogP contribution >= 0.6 is 11.6 Å². The predicted octanol–water partition coefficient (Wildman–Crippen LogP) is 5.75. The SMILES string of the molecule is O=C(Nc1cccc(C(F)(F)F)c1)c1cncc(Nc2cccc(Cl)c2)c1. The number of aromatic nitrogens is 1. The molecule has 3 rings (SSSR count). The van der Waals surface area contributed by atoms with E-state index in [1.165, 1.54) is 30.6 Å². The van der Waals surface area contributed by atoms with Crippen molar-refractivity contribution in [3.05, 3.63) is 83.1 Å². The number of anilines is 3. The largest absolute Gasteiger partial charge is 0.416 e. The fourth-order valence-electron chi connectivity index (χ4n) is 2.34. The zero-order valence-electron chi connectivity index (χ0n) is 13.7. The van der Waals surface area contributed by atoms with Crippen LogP contribution < -0.4 is 10.6 Å². The average molecular weight is 392 g/mol. The molecule has 0 saturated heterocycles. The first kappa shape index (κ1) is 18.7. The Kier molecular flexibility index (Phi) is 5.32. The standard InChI is InChI=1S/C19H13ClF3N3O/c20-14-4-2-6-16(9-14)25-17-7-12(10-24-11-17)18(27)26-15-5-1-3-13(8-15)19(21,22)23/h1-11,25H,(H,26,27). The van der Waals surface area contributed by atoms with E-state index in [-0.39, 0.29) is 11.3 Å². The van der Waals surface area contributed by atoms with Crippen LogP contribution in [0.4, 0.5) is 30.2 Å². The van der Waals surface area contributed by atoms with E-state index >= 15 is 0 Å². The Labute approximate surface area is 158 Å². The highest BCUT2D eigenvalue weighted by Gasteiger charge is 2.30. The minimum atomic E-state index is -4.48. The fourth-order valence-corrected chi connectivity index (χ4v) is 2.53. The lowest BCUT2D eigenvalue weighted by molar-refractivity contribution is -0.137. The Morgan fingerprint density at radius 1 is 0.926 bits per heavy atom. The van der Waals surface area contributed by atoms with Gasteiger partial charge in [-0.2, -0.15) is 13.2 Å². The van der Waals surface area contributed by atoms with Crippen molar-refractivity contribution >= 4 is 34.6 Å². The number of amides is 1. The summed E-state index contributed by atoms with van der Waals surface area (Å²) in [6.45, 7) is 0. The molecule has 1 heterocycles. The maximum Gasteiger partial charge on any atom is 0.416 e. The van der Waals surface area contributed by atoms with Crippen LogP contribution in [0.5, 0.6) is 0 Å². The van der Waals surface area contributed by atoms with Gasteiger partial charge in [-0.15, -0.1) is 0 Å². The van der Waals surface area contributed by atoms with E-state index in [1.54, 1.807) is 24.3 Å². The minimum Gasteiger partial charge on any atom is -0.354 e. The molecule has 1 aromatic heterocycles. The second-order valence-electron chi connectivity index (χ2n) is 5.63. The predicted molar refractivity (Wildman–Crippen MR) is 98.4 cm³/mol. The summed E-state index contributed by atoms with van der Waals surface area (Å²) in [5.41, 5.74) is 0.644. The summed E-state index contributed by atoms with van der Waals surface area (Å²) in [5, 5.41) is 6.05. The molecule has 0 fully saturated rings. The van der Waals surface area contributed by atoms with Crippen LogP contribution in [0.1, 0.15) is 15.9 Å². The number of nitrogens with zero attached hydrogens (tertiary/aromatic N) is 1. The molecule has 138 valence electrons. The molecule has 0 aliphatic rings. The Morgan fingerprint density at radius 3 is 2.41 bits per heavy atom. The van der Waals surface area contributed by atoms with Gasteiger partial charge in [0, 0.05) is 22.6 Å². The molecule has 1 amide bonds.